The fourth-order valence-electron chi connectivity index (χ4n) is 6.51. The maximum absolute atomic E-state index is 14.4. The molecule has 1 aromatic carbocycles. The molecule has 5 atom stereocenters. The summed E-state index contributed by atoms with van der Waals surface area (Å²) < 4.78 is 17.1. The number of benzene rings is 1. The summed E-state index contributed by atoms with van der Waals surface area (Å²) in [5.41, 5.74) is -0.771. The van der Waals surface area contributed by atoms with Gasteiger partial charge in [0, 0.05) is 34.2 Å². The van der Waals surface area contributed by atoms with Crippen LogP contribution >= 0.6 is 11.6 Å². The molecule has 13 heteroatoms. The smallest absolute Gasteiger partial charge is 0.330 e. The second kappa shape index (κ2) is 13.6. The molecule has 3 N–H and O–H groups in total. The van der Waals surface area contributed by atoms with Crippen LogP contribution in [-0.2, 0) is 14.4 Å². The van der Waals surface area contributed by atoms with Crippen LogP contribution < -0.4 is 24.8 Å². The average molecular weight is 664 g/mol. The molecule has 0 radical (unpaired) electrons. The van der Waals surface area contributed by atoms with E-state index in [0.717, 1.165) is 31.1 Å². The Morgan fingerprint density at radius 3 is 2.68 bits per heavy atom. The third kappa shape index (κ3) is 6.78. The first kappa shape index (κ1) is 32.4. The van der Waals surface area contributed by atoms with Gasteiger partial charge in [-0.15, -0.1) is 0 Å². The Morgan fingerprint density at radius 2 is 1.94 bits per heavy atom. The first-order valence-corrected chi connectivity index (χ1v) is 16.2. The molecule has 248 valence electrons. The van der Waals surface area contributed by atoms with Gasteiger partial charge in [-0.3, -0.25) is 9.59 Å². The summed E-state index contributed by atoms with van der Waals surface area (Å²) >= 11 is 6.32. The number of carboxylic acids is 1. The number of allylic oxidation sites excluding steroid dienone is 1. The van der Waals surface area contributed by atoms with Gasteiger partial charge in [-0.05, 0) is 49.9 Å². The van der Waals surface area contributed by atoms with Crippen molar-refractivity contribution in [2.75, 3.05) is 26.1 Å². The Balaban J connectivity index is 1.32. The van der Waals surface area contributed by atoms with Crippen LogP contribution in [0.4, 0.5) is 5.69 Å². The summed E-state index contributed by atoms with van der Waals surface area (Å²) in [6.07, 6.45) is 10.7. The third-order valence-electron chi connectivity index (χ3n) is 9.18. The summed E-state index contributed by atoms with van der Waals surface area (Å²) in [5, 5.41) is 18.1. The lowest BCUT2D eigenvalue weighted by Crippen LogP contribution is -2.55. The van der Waals surface area contributed by atoms with E-state index in [9.17, 15) is 19.5 Å². The predicted molar refractivity (Wildman–Crippen MR) is 175 cm³/mol. The molecule has 6 rings (SSSR count). The highest BCUT2D eigenvalue weighted by atomic mass is 35.5. The molecule has 47 heavy (non-hydrogen) atoms. The second-order valence-electron chi connectivity index (χ2n) is 12.2. The van der Waals surface area contributed by atoms with Crippen LogP contribution in [0.1, 0.15) is 44.9 Å². The number of rotatable bonds is 7. The minimum absolute atomic E-state index is 0.0924. The highest BCUT2D eigenvalue weighted by Crippen LogP contribution is 2.45. The molecule has 2 aromatic heterocycles. The number of fused-ring (bicyclic) bond motifs is 3. The number of amides is 2. The minimum Gasteiger partial charge on any atom is -0.494 e. The number of carbonyl (C=O) groups excluding carboxylic acids is 2. The number of hydrogen-bond acceptors (Lipinski definition) is 9. The van der Waals surface area contributed by atoms with E-state index in [1.54, 1.807) is 43.8 Å². The number of nitrogens with zero attached hydrogens (tertiary/aromatic N) is 3. The molecule has 12 nitrogen and oxygen atoms in total. The number of aromatic nitrogens is 2. The molecule has 0 bridgehead atoms. The van der Waals surface area contributed by atoms with E-state index in [1.165, 1.54) is 12.0 Å². The van der Waals surface area contributed by atoms with Crippen LogP contribution in [0.25, 0.3) is 10.8 Å². The highest BCUT2D eigenvalue weighted by Gasteiger charge is 2.61. The van der Waals surface area contributed by atoms with Crippen LogP contribution in [0.5, 0.6) is 17.5 Å². The van der Waals surface area contributed by atoms with Gasteiger partial charge in [-0.1, -0.05) is 36.6 Å². The van der Waals surface area contributed by atoms with Gasteiger partial charge in [0.15, 0.2) is 0 Å². The normalized spacial score (nSPS) is 27.0. The highest BCUT2D eigenvalue weighted by molar-refractivity contribution is 6.31. The lowest BCUT2D eigenvalue weighted by molar-refractivity contribution is -0.145. The Labute approximate surface area is 277 Å². The van der Waals surface area contributed by atoms with Crippen molar-refractivity contribution in [3.8, 4) is 17.5 Å². The van der Waals surface area contributed by atoms with Crippen molar-refractivity contribution in [3.05, 3.63) is 59.9 Å². The van der Waals surface area contributed by atoms with Gasteiger partial charge >= 0.3 is 5.97 Å². The summed E-state index contributed by atoms with van der Waals surface area (Å²) in [6.45, 7) is 0.0924. The lowest BCUT2D eigenvalue weighted by atomic mass is 10.0. The molecule has 1 saturated carbocycles. The maximum atomic E-state index is 14.4. The summed E-state index contributed by atoms with van der Waals surface area (Å²) in [5.74, 6) is -0.941. The van der Waals surface area contributed by atoms with Crippen molar-refractivity contribution in [2.45, 2.75) is 68.7 Å². The Kier molecular flexibility index (Phi) is 9.40. The number of methoxy groups -OCH3 is 2. The van der Waals surface area contributed by atoms with Gasteiger partial charge in [0.2, 0.25) is 23.6 Å². The molecule has 0 unspecified atom stereocenters. The number of anilines is 1. The molecule has 0 spiro atoms. The van der Waals surface area contributed by atoms with E-state index in [4.69, 9.17) is 25.8 Å². The number of pyridine rings is 2. The zero-order valence-electron chi connectivity index (χ0n) is 26.3. The number of carboxylic acid groups (broad SMARTS) is 1. The molecule has 4 heterocycles. The van der Waals surface area contributed by atoms with Crippen LogP contribution in [0, 0.1) is 5.92 Å². The van der Waals surface area contributed by atoms with Crippen LogP contribution in [0.15, 0.2) is 54.9 Å². The van der Waals surface area contributed by atoms with Crippen LogP contribution in [0.2, 0.25) is 5.02 Å². The van der Waals surface area contributed by atoms with E-state index < -0.39 is 35.6 Å². The van der Waals surface area contributed by atoms with Gasteiger partial charge in [-0.2, -0.15) is 0 Å². The number of ether oxygens (including phenoxy) is 3. The van der Waals surface area contributed by atoms with Gasteiger partial charge in [0.25, 0.3) is 0 Å². The molecule has 2 aliphatic heterocycles. The van der Waals surface area contributed by atoms with Gasteiger partial charge in [0.1, 0.15) is 29.5 Å². The first-order chi connectivity index (χ1) is 22.7. The molecule has 3 aromatic rings. The fourth-order valence-corrected chi connectivity index (χ4v) is 6.69. The third-order valence-corrected chi connectivity index (χ3v) is 9.42. The molecule has 2 amide bonds. The standard InChI is InChI=1S/C34H38ClN5O7/c1-45-28-18-37-31(25-14-21(35)10-12-24(25)28)47-23-15-27-30(41)39-34(33(43)44)16-20(34)8-6-4-3-5-7-9-26(32(42)40(27)19-23)38-22-11-13-29(46-2)36-17-22/h6,8,10-14,17-18,20,23,26-27,38H,3-5,7,9,15-16,19H2,1-2H3,(H,39,41)(H,43,44)/b8-6-/t20-,23+,26-,27-,34+/m0/s1. The van der Waals surface area contributed by atoms with Gasteiger partial charge < -0.3 is 34.9 Å². The Hall–Kier alpha value is -4.58. The molecular weight excluding hydrogens is 626 g/mol. The molecule has 3 aliphatic rings. The van der Waals surface area contributed by atoms with Crippen molar-refractivity contribution < 1.29 is 33.7 Å². The molecule has 1 saturated heterocycles. The van der Waals surface area contributed by atoms with Crippen LogP contribution in [-0.4, -0.2) is 82.2 Å². The van der Waals surface area contributed by atoms with Gasteiger partial charge in [-0.25, -0.2) is 14.8 Å². The monoisotopic (exact) mass is 663 g/mol. The zero-order chi connectivity index (χ0) is 33.1. The predicted octanol–water partition coefficient (Wildman–Crippen LogP) is 4.61. The SMILES string of the molecule is COc1ccc(N[C@H]2CCCCC/C=C\[C@H]3C[C@@]3(C(=O)O)NC(=O)[C@@H]3C[C@@H](Oc4ncc(OC)c5ccc(Cl)cc45)CN3C2=O)cn1. The number of halogens is 1. The van der Waals surface area contributed by atoms with Gasteiger partial charge in [0.05, 0.1) is 38.8 Å². The van der Waals surface area contributed by atoms with Crippen LogP contribution in [0.3, 0.4) is 0 Å². The van der Waals surface area contributed by atoms with E-state index in [1.807, 2.05) is 18.2 Å². The topological polar surface area (TPSA) is 152 Å². The second-order valence-corrected chi connectivity index (χ2v) is 12.7. The first-order valence-electron chi connectivity index (χ1n) is 15.8. The molecular formula is C34H38ClN5O7. The quantitative estimate of drug-likeness (QED) is 0.306. The fraction of sp³-hybridized carbons (Fsp3) is 0.441. The number of carbonyl (C=O) groups is 3. The number of nitrogens with one attached hydrogen (secondary N) is 2. The summed E-state index contributed by atoms with van der Waals surface area (Å²) in [4.78, 5) is 51.0. The molecule has 1 aliphatic carbocycles. The van der Waals surface area contributed by atoms with Crippen molar-refractivity contribution >= 4 is 45.8 Å². The van der Waals surface area contributed by atoms with E-state index >= 15 is 0 Å². The lowest BCUT2D eigenvalue weighted by Gasteiger charge is -2.30. The number of hydrogen-bond donors (Lipinski definition) is 3. The molecule has 2 fully saturated rings. The van der Waals surface area contributed by atoms with E-state index in [-0.39, 0.29) is 30.7 Å². The maximum Gasteiger partial charge on any atom is 0.330 e. The zero-order valence-corrected chi connectivity index (χ0v) is 27.0. The summed E-state index contributed by atoms with van der Waals surface area (Å²) in [6, 6.07) is 7.15. The van der Waals surface area contributed by atoms with Crippen molar-refractivity contribution in [1.29, 1.82) is 0 Å². The van der Waals surface area contributed by atoms with E-state index in [0.29, 0.717) is 40.6 Å². The van der Waals surface area contributed by atoms with Crippen molar-refractivity contribution in [1.82, 2.24) is 20.2 Å². The van der Waals surface area contributed by atoms with Crippen molar-refractivity contribution in [2.24, 2.45) is 5.92 Å². The Morgan fingerprint density at radius 1 is 1.09 bits per heavy atom. The number of aliphatic carboxylic acids is 1. The summed E-state index contributed by atoms with van der Waals surface area (Å²) in [7, 11) is 3.08. The van der Waals surface area contributed by atoms with E-state index in [2.05, 4.69) is 20.6 Å². The average Bonchev–Trinajstić information content (AvgIpc) is 3.60. The largest absolute Gasteiger partial charge is 0.494 e. The Bertz CT molecular complexity index is 1690. The minimum atomic E-state index is -1.40. The van der Waals surface area contributed by atoms with Crippen molar-refractivity contribution in [3.63, 3.8) is 0 Å².